The summed E-state index contributed by atoms with van der Waals surface area (Å²) >= 11 is 0. The summed E-state index contributed by atoms with van der Waals surface area (Å²) in [5.74, 6) is 0.102. The van der Waals surface area contributed by atoms with Crippen molar-refractivity contribution in [2.45, 2.75) is 39.3 Å². The van der Waals surface area contributed by atoms with E-state index in [0.717, 1.165) is 23.7 Å². The third-order valence-corrected chi connectivity index (χ3v) is 3.95. The Hall–Kier alpha value is -1.88. The van der Waals surface area contributed by atoms with Crippen LogP contribution in [0.3, 0.4) is 0 Å². The van der Waals surface area contributed by atoms with Crippen molar-refractivity contribution in [3.05, 3.63) is 30.5 Å². The van der Waals surface area contributed by atoms with Gasteiger partial charge in [-0.1, -0.05) is 44.9 Å². The quantitative estimate of drug-likeness (QED) is 0.818. The van der Waals surface area contributed by atoms with Crippen LogP contribution in [0.2, 0.25) is 0 Å². The molecule has 2 N–H and O–H groups in total. The average molecular weight is 289 g/mol. The second-order valence-corrected chi connectivity index (χ2v) is 5.31. The van der Waals surface area contributed by atoms with E-state index in [1.165, 1.54) is 0 Å². The molecule has 1 aromatic carbocycles. The number of aromatic nitrogens is 2. The molecule has 1 aromatic heterocycles. The van der Waals surface area contributed by atoms with E-state index in [1.807, 2.05) is 24.3 Å². The van der Waals surface area contributed by atoms with Crippen LogP contribution in [0.5, 0.6) is 0 Å². The van der Waals surface area contributed by atoms with Crippen molar-refractivity contribution in [2.24, 2.45) is 5.92 Å². The maximum Gasteiger partial charge on any atom is 0.241 e. The summed E-state index contributed by atoms with van der Waals surface area (Å²) in [5.41, 5.74) is 0.938. The topological polar surface area (TPSA) is 67.2 Å². The van der Waals surface area contributed by atoms with Crippen molar-refractivity contribution in [1.82, 2.24) is 15.1 Å². The van der Waals surface area contributed by atoms with Crippen LogP contribution >= 0.6 is 0 Å². The molecule has 0 aliphatic rings. The molecule has 2 aromatic rings. The second-order valence-electron chi connectivity index (χ2n) is 5.31. The van der Waals surface area contributed by atoms with E-state index in [4.69, 9.17) is 0 Å². The lowest BCUT2D eigenvalue weighted by molar-refractivity contribution is -0.122. The molecule has 21 heavy (non-hydrogen) atoms. The number of para-hydroxylation sites is 1. The minimum absolute atomic E-state index is 0.131. The number of aliphatic hydroxyl groups excluding tert-OH is 1. The third-order valence-electron chi connectivity index (χ3n) is 3.95. The molecule has 0 bridgehead atoms. The average Bonchev–Trinajstić information content (AvgIpc) is 2.90. The number of carbonyl (C=O) groups is 1. The van der Waals surface area contributed by atoms with E-state index in [9.17, 15) is 9.90 Å². The maximum atomic E-state index is 12.0. The lowest BCUT2D eigenvalue weighted by Crippen LogP contribution is -2.37. The van der Waals surface area contributed by atoms with Gasteiger partial charge in [-0.05, 0) is 12.0 Å². The summed E-state index contributed by atoms with van der Waals surface area (Å²) in [6.07, 6.45) is 3.09. The van der Waals surface area contributed by atoms with Gasteiger partial charge in [0, 0.05) is 11.9 Å². The predicted octanol–water partition coefficient (Wildman–Crippen LogP) is 1.95. The Labute approximate surface area is 125 Å². The van der Waals surface area contributed by atoms with Crippen molar-refractivity contribution < 1.29 is 9.90 Å². The predicted molar refractivity (Wildman–Crippen MR) is 82.8 cm³/mol. The van der Waals surface area contributed by atoms with Gasteiger partial charge in [0.15, 0.2) is 0 Å². The molecule has 1 unspecified atom stereocenters. The van der Waals surface area contributed by atoms with Crippen LogP contribution in [-0.2, 0) is 11.3 Å². The highest BCUT2D eigenvalue weighted by Gasteiger charge is 2.16. The van der Waals surface area contributed by atoms with E-state index in [-0.39, 0.29) is 18.4 Å². The van der Waals surface area contributed by atoms with Crippen molar-refractivity contribution in [2.75, 3.05) is 6.54 Å². The van der Waals surface area contributed by atoms with Gasteiger partial charge in [-0.3, -0.25) is 9.48 Å². The van der Waals surface area contributed by atoms with Crippen molar-refractivity contribution in [3.8, 4) is 0 Å². The molecule has 0 aliphatic heterocycles. The fourth-order valence-corrected chi connectivity index (χ4v) is 2.56. The first-order chi connectivity index (χ1) is 10.2. The number of rotatable bonds is 7. The molecule has 0 fully saturated rings. The van der Waals surface area contributed by atoms with E-state index in [1.54, 1.807) is 10.9 Å². The molecule has 114 valence electrons. The Kier molecular flexibility index (Phi) is 5.33. The van der Waals surface area contributed by atoms with Gasteiger partial charge in [0.25, 0.3) is 0 Å². The minimum atomic E-state index is -0.488. The molecule has 1 amide bonds. The normalized spacial score (nSPS) is 12.8. The van der Waals surface area contributed by atoms with Crippen LogP contribution < -0.4 is 5.32 Å². The van der Waals surface area contributed by atoms with Crippen LogP contribution in [0.4, 0.5) is 0 Å². The largest absolute Gasteiger partial charge is 0.391 e. The number of hydrogen-bond acceptors (Lipinski definition) is 3. The maximum absolute atomic E-state index is 12.0. The van der Waals surface area contributed by atoms with Gasteiger partial charge in [0.05, 0.1) is 17.8 Å². The Bertz CT molecular complexity index is 590. The molecule has 0 saturated heterocycles. The molecular weight excluding hydrogens is 266 g/mol. The Morgan fingerprint density at radius 3 is 2.76 bits per heavy atom. The molecule has 0 spiro atoms. The van der Waals surface area contributed by atoms with Gasteiger partial charge in [0.2, 0.25) is 5.91 Å². The fourth-order valence-electron chi connectivity index (χ4n) is 2.56. The number of nitrogens with zero attached hydrogens (tertiary/aromatic N) is 2. The summed E-state index contributed by atoms with van der Waals surface area (Å²) in [7, 11) is 0. The summed E-state index contributed by atoms with van der Waals surface area (Å²) in [5, 5.41) is 18.0. The smallest absolute Gasteiger partial charge is 0.241 e. The van der Waals surface area contributed by atoms with E-state index in [2.05, 4.69) is 24.3 Å². The lowest BCUT2D eigenvalue weighted by atomic mass is 9.96. The first-order valence-corrected chi connectivity index (χ1v) is 7.51. The number of carbonyl (C=O) groups excluding carboxylic acids is 1. The molecular formula is C16H23N3O2. The first kappa shape index (κ1) is 15.5. The van der Waals surface area contributed by atoms with Crippen molar-refractivity contribution in [1.29, 1.82) is 0 Å². The first-order valence-electron chi connectivity index (χ1n) is 7.51. The fraction of sp³-hybridized carbons (Fsp3) is 0.500. The van der Waals surface area contributed by atoms with Crippen LogP contribution in [0, 0.1) is 5.92 Å². The number of amides is 1. The third kappa shape index (κ3) is 3.82. The van der Waals surface area contributed by atoms with E-state index >= 15 is 0 Å². The molecule has 5 heteroatoms. The standard InChI is InChI=1S/C16H23N3O2/c1-3-12(4-2)15(20)10-17-16(21)11-19-14-8-6-5-7-13(14)9-18-19/h5-9,12,15,20H,3-4,10-11H2,1-2H3,(H,17,21). The zero-order chi connectivity index (χ0) is 15.2. The van der Waals surface area contributed by atoms with Gasteiger partial charge in [-0.25, -0.2) is 0 Å². The van der Waals surface area contributed by atoms with Crippen molar-refractivity contribution >= 4 is 16.8 Å². The van der Waals surface area contributed by atoms with Crippen LogP contribution in [0.25, 0.3) is 10.9 Å². The van der Waals surface area contributed by atoms with E-state index < -0.39 is 6.10 Å². The molecule has 1 atom stereocenters. The molecule has 0 aliphatic carbocycles. The SMILES string of the molecule is CCC(CC)C(O)CNC(=O)Cn1ncc2ccccc21. The van der Waals surface area contributed by atoms with Crippen LogP contribution in [0.15, 0.2) is 30.5 Å². The van der Waals surface area contributed by atoms with Crippen molar-refractivity contribution in [3.63, 3.8) is 0 Å². The number of aliphatic hydroxyl groups is 1. The Morgan fingerprint density at radius 2 is 2.05 bits per heavy atom. The zero-order valence-electron chi connectivity index (χ0n) is 12.6. The number of fused-ring (bicyclic) bond motifs is 1. The summed E-state index contributed by atoms with van der Waals surface area (Å²) in [6.45, 7) is 4.57. The highest BCUT2D eigenvalue weighted by Crippen LogP contribution is 2.13. The molecule has 0 saturated carbocycles. The van der Waals surface area contributed by atoms with Gasteiger partial charge in [-0.2, -0.15) is 5.10 Å². The number of benzene rings is 1. The van der Waals surface area contributed by atoms with Gasteiger partial charge >= 0.3 is 0 Å². The number of nitrogens with one attached hydrogen (secondary N) is 1. The molecule has 5 nitrogen and oxygen atoms in total. The summed E-state index contributed by atoms with van der Waals surface area (Å²) < 4.78 is 1.67. The molecule has 0 radical (unpaired) electrons. The highest BCUT2D eigenvalue weighted by atomic mass is 16.3. The van der Waals surface area contributed by atoms with Crippen LogP contribution in [-0.4, -0.2) is 33.4 Å². The summed E-state index contributed by atoms with van der Waals surface area (Å²) in [4.78, 5) is 12.0. The lowest BCUT2D eigenvalue weighted by Gasteiger charge is -2.20. The van der Waals surface area contributed by atoms with Gasteiger partial charge in [-0.15, -0.1) is 0 Å². The zero-order valence-corrected chi connectivity index (χ0v) is 12.6. The second kappa shape index (κ2) is 7.22. The van der Waals surface area contributed by atoms with Gasteiger partial charge in [0.1, 0.15) is 6.54 Å². The van der Waals surface area contributed by atoms with Gasteiger partial charge < -0.3 is 10.4 Å². The number of hydrogen-bond donors (Lipinski definition) is 2. The Morgan fingerprint density at radius 1 is 1.33 bits per heavy atom. The monoisotopic (exact) mass is 289 g/mol. The molecule has 1 heterocycles. The minimum Gasteiger partial charge on any atom is -0.391 e. The summed E-state index contributed by atoms with van der Waals surface area (Å²) in [6, 6.07) is 7.78. The van der Waals surface area contributed by atoms with E-state index in [0.29, 0.717) is 6.54 Å². The highest BCUT2D eigenvalue weighted by molar-refractivity contribution is 5.81. The Balaban J connectivity index is 1.90. The molecule has 2 rings (SSSR count). The van der Waals surface area contributed by atoms with Crippen LogP contribution in [0.1, 0.15) is 26.7 Å².